The smallest absolute Gasteiger partial charge is 0.416 e. The van der Waals surface area contributed by atoms with E-state index in [4.69, 9.17) is 9.47 Å². The number of esters is 1. The normalized spacial score (nSPS) is 15.4. The van der Waals surface area contributed by atoms with Crippen LogP contribution in [0.5, 0.6) is 0 Å². The first kappa shape index (κ1) is 22.3. The molecule has 0 radical (unpaired) electrons. The van der Waals surface area contributed by atoms with E-state index in [1.54, 1.807) is 19.1 Å². The molecule has 1 aliphatic carbocycles. The zero-order valence-corrected chi connectivity index (χ0v) is 17.3. The largest absolute Gasteiger partial charge is 0.462 e. The van der Waals surface area contributed by atoms with Gasteiger partial charge in [0.25, 0.3) is 0 Å². The molecule has 0 bridgehead atoms. The molecule has 0 amide bonds. The van der Waals surface area contributed by atoms with Gasteiger partial charge < -0.3 is 9.47 Å². The van der Waals surface area contributed by atoms with Gasteiger partial charge in [-0.25, -0.2) is 4.79 Å². The number of benzene rings is 1. The molecule has 8 heteroatoms. The number of hydrogen-bond donors (Lipinski definition) is 0. The van der Waals surface area contributed by atoms with Crippen LogP contribution in [0, 0.1) is 0 Å². The van der Waals surface area contributed by atoms with Crippen LogP contribution in [0.3, 0.4) is 0 Å². The number of nitrogens with zero attached hydrogens (tertiary/aromatic N) is 2. The van der Waals surface area contributed by atoms with Crippen molar-refractivity contribution < 1.29 is 27.4 Å². The van der Waals surface area contributed by atoms with Crippen LogP contribution in [-0.4, -0.2) is 29.5 Å². The summed E-state index contributed by atoms with van der Waals surface area (Å²) in [5.41, 5.74) is 0.948. The maximum Gasteiger partial charge on any atom is 0.416 e. The van der Waals surface area contributed by atoms with E-state index < -0.39 is 17.7 Å². The minimum Gasteiger partial charge on any atom is -0.462 e. The van der Waals surface area contributed by atoms with Crippen LogP contribution in [-0.2, 0) is 28.8 Å². The molecule has 2 aromatic rings. The molecule has 1 heterocycles. The van der Waals surface area contributed by atoms with Crippen molar-refractivity contribution in [3.8, 4) is 0 Å². The average Bonchev–Trinajstić information content (AvgIpc) is 3.11. The van der Waals surface area contributed by atoms with Crippen molar-refractivity contribution in [3.05, 3.63) is 52.3 Å². The third kappa shape index (κ3) is 5.22. The molecule has 0 saturated heterocycles. The summed E-state index contributed by atoms with van der Waals surface area (Å²) in [6, 6.07) is 4.55. The molecule has 1 fully saturated rings. The highest BCUT2D eigenvalue weighted by Crippen LogP contribution is 2.41. The molecule has 30 heavy (non-hydrogen) atoms. The zero-order chi connectivity index (χ0) is 21.7. The molecular formula is C22H27F3N2O3. The molecule has 1 aromatic heterocycles. The summed E-state index contributed by atoms with van der Waals surface area (Å²) in [5.74, 6) is -0.572. The Labute approximate surface area is 174 Å². The van der Waals surface area contributed by atoms with Crippen LogP contribution in [0.1, 0.15) is 77.7 Å². The second-order valence-electron chi connectivity index (χ2n) is 7.59. The maximum absolute atomic E-state index is 13.8. The number of rotatable bonds is 7. The van der Waals surface area contributed by atoms with Crippen molar-refractivity contribution in [2.45, 2.75) is 64.3 Å². The van der Waals surface area contributed by atoms with Gasteiger partial charge in [-0.1, -0.05) is 31.4 Å². The number of alkyl halides is 3. The Morgan fingerprint density at radius 1 is 1.23 bits per heavy atom. The number of methoxy groups -OCH3 is 1. The standard InChI is InChI=1S/C22H27F3N2O3/c1-3-30-21(28)18-13-27(26-20(18)14-29-2)12-15-9-10-17(16-7-5-4-6-8-16)19(11-15)22(23,24)25/h9-11,13,16H,3-8,12,14H2,1-2H3. The molecule has 1 saturated carbocycles. The van der Waals surface area contributed by atoms with Crippen molar-refractivity contribution in [1.82, 2.24) is 9.78 Å². The first-order valence-electron chi connectivity index (χ1n) is 10.3. The molecule has 0 spiro atoms. The Bertz CT molecular complexity index is 871. The average molecular weight is 424 g/mol. The SMILES string of the molecule is CCOC(=O)c1cn(Cc2ccc(C3CCCCC3)c(C(F)(F)F)c2)nc1COC. The summed E-state index contributed by atoms with van der Waals surface area (Å²) < 4.78 is 52.9. The highest BCUT2D eigenvalue weighted by atomic mass is 19.4. The lowest BCUT2D eigenvalue weighted by Crippen LogP contribution is -2.15. The summed E-state index contributed by atoms with van der Waals surface area (Å²) >= 11 is 0. The first-order valence-corrected chi connectivity index (χ1v) is 10.3. The monoisotopic (exact) mass is 424 g/mol. The summed E-state index contributed by atoms with van der Waals surface area (Å²) in [6.45, 7) is 2.14. The van der Waals surface area contributed by atoms with Gasteiger partial charge in [0.05, 0.1) is 25.3 Å². The number of hydrogen-bond acceptors (Lipinski definition) is 4. The summed E-state index contributed by atoms with van der Waals surface area (Å²) in [6.07, 6.45) is 1.70. The van der Waals surface area contributed by atoms with Crippen LogP contribution in [0.2, 0.25) is 0 Å². The number of carbonyl (C=O) groups excluding carboxylic acids is 1. The van der Waals surface area contributed by atoms with Gasteiger partial charge in [-0.3, -0.25) is 4.68 Å². The van der Waals surface area contributed by atoms with Gasteiger partial charge >= 0.3 is 12.1 Å². The van der Waals surface area contributed by atoms with Gasteiger partial charge in [0.15, 0.2) is 0 Å². The lowest BCUT2D eigenvalue weighted by atomic mass is 9.81. The molecule has 3 rings (SSSR count). The van der Waals surface area contributed by atoms with Gasteiger partial charge in [-0.15, -0.1) is 0 Å². The first-order chi connectivity index (χ1) is 14.3. The van der Waals surface area contributed by atoms with Gasteiger partial charge in [0.2, 0.25) is 0 Å². The van der Waals surface area contributed by atoms with Crippen molar-refractivity contribution >= 4 is 5.97 Å². The Morgan fingerprint density at radius 3 is 2.60 bits per heavy atom. The lowest BCUT2D eigenvalue weighted by molar-refractivity contribution is -0.138. The molecule has 0 atom stereocenters. The number of aromatic nitrogens is 2. The highest BCUT2D eigenvalue weighted by molar-refractivity contribution is 5.90. The molecule has 1 aliphatic rings. The van der Waals surface area contributed by atoms with Crippen LogP contribution >= 0.6 is 0 Å². The lowest BCUT2D eigenvalue weighted by Gasteiger charge is -2.25. The third-order valence-electron chi connectivity index (χ3n) is 5.43. The molecule has 0 N–H and O–H groups in total. The number of carbonyl (C=O) groups is 1. The fraction of sp³-hybridized carbons (Fsp3) is 0.545. The van der Waals surface area contributed by atoms with Crippen molar-refractivity contribution in [2.75, 3.05) is 13.7 Å². The quantitative estimate of drug-likeness (QED) is 0.565. The van der Waals surface area contributed by atoms with Crippen LogP contribution in [0.15, 0.2) is 24.4 Å². The van der Waals surface area contributed by atoms with E-state index in [0.717, 1.165) is 32.1 Å². The van der Waals surface area contributed by atoms with E-state index in [1.165, 1.54) is 24.1 Å². The molecule has 0 aliphatic heterocycles. The molecule has 5 nitrogen and oxygen atoms in total. The number of halogens is 3. The molecule has 1 aromatic carbocycles. The maximum atomic E-state index is 13.8. The van der Waals surface area contributed by atoms with Crippen molar-refractivity contribution in [3.63, 3.8) is 0 Å². The highest BCUT2D eigenvalue weighted by Gasteiger charge is 2.35. The van der Waals surface area contributed by atoms with E-state index in [0.29, 0.717) is 16.8 Å². The zero-order valence-electron chi connectivity index (χ0n) is 17.3. The Hall–Kier alpha value is -2.35. The van der Waals surface area contributed by atoms with Crippen LogP contribution in [0.25, 0.3) is 0 Å². The van der Waals surface area contributed by atoms with E-state index in [2.05, 4.69) is 5.10 Å². The summed E-state index contributed by atoms with van der Waals surface area (Å²) in [5, 5.41) is 4.31. The fourth-order valence-electron chi connectivity index (χ4n) is 4.07. The summed E-state index contributed by atoms with van der Waals surface area (Å²) in [4.78, 5) is 12.1. The van der Waals surface area contributed by atoms with Gasteiger partial charge in [0, 0.05) is 13.3 Å². The van der Waals surface area contributed by atoms with Crippen LogP contribution in [0.4, 0.5) is 13.2 Å². The second-order valence-corrected chi connectivity index (χ2v) is 7.59. The topological polar surface area (TPSA) is 53.4 Å². The van der Waals surface area contributed by atoms with Gasteiger partial charge in [0.1, 0.15) is 11.3 Å². The minimum absolute atomic E-state index is 0.0437. The predicted octanol–water partition coefficient (Wildman–Crippen LogP) is 5.32. The Balaban J connectivity index is 1.89. The second kappa shape index (κ2) is 9.64. The Morgan fingerprint density at radius 2 is 1.97 bits per heavy atom. The third-order valence-corrected chi connectivity index (χ3v) is 5.43. The minimum atomic E-state index is -4.41. The molecule has 164 valence electrons. The van der Waals surface area contributed by atoms with E-state index in [-0.39, 0.29) is 31.2 Å². The van der Waals surface area contributed by atoms with E-state index in [9.17, 15) is 18.0 Å². The molecular weight excluding hydrogens is 397 g/mol. The van der Waals surface area contributed by atoms with Gasteiger partial charge in [-0.05, 0) is 42.9 Å². The molecule has 0 unspecified atom stereocenters. The fourth-order valence-corrected chi connectivity index (χ4v) is 4.07. The van der Waals surface area contributed by atoms with E-state index in [1.807, 2.05) is 0 Å². The van der Waals surface area contributed by atoms with Crippen molar-refractivity contribution in [2.24, 2.45) is 0 Å². The summed E-state index contributed by atoms with van der Waals surface area (Å²) in [7, 11) is 1.48. The Kier molecular flexibility index (Phi) is 7.18. The van der Waals surface area contributed by atoms with E-state index >= 15 is 0 Å². The van der Waals surface area contributed by atoms with Crippen molar-refractivity contribution in [1.29, 1.82) is 0 Å². The number of ether oxygens (including phenoxy) is 2. The van der Waals surface area contributed by atoms with Crippen LogP contribution < -0.4 is 0 Å². The van der Waals surface area contributed by atoms with Gasteiger partial charge in [-0.2, -0.15) is 18.3 Å². The predicted molar refractivity (Wildman–Crippen MR) is 105 cm³/mol.